The number of rotatable bonds is 4. The minimum absolute atomic E-state index is 0.137. The molecule has 2 atom stereocenters. The summed E-state index contributed by atoms with van der Waals surface area (Å²) in [5.41, 5.74) is 1.69. The highest BCUT2D eigenvalue weighted by Gasteiger charge is 2.60. The molecule has 4 rings (SSSR count). The maximum atomic E-state index is 13.0. The van der Waals surface area contributed by atoms with E-state index in [-0.39, 0.29) is 24.2 Å². The Balaban J connectivity index is 1.68. The molecule has 0 unspecified atom stereocenters. The van der Waals surface area contributed by atoms with Crippen molar-refractivity contribution in [3.8, 4) is 0 Å². The monoisotopic (exact) mass is 351 g/mol. The minimum Gasteiger partial charge on any atom is -0.305 e. The highest BCUT2D eigenvalue weighted by atomic mass is 16.5. The van der Waals surface area contributed by atoms with Gasteiger partial charge in [0.05, 0.1) is 0 Å². The third kappa shape index (κ3) is 2.53. The summed E-state index contributed by atoms with van der Waals surface area (Å²) in [5, 5.41) is 9.93. The number of nitrogens with zero attached hydrogens (tertiary/aromatic N) is 3. The number of fused-ring (bicyclic) bond motifs is 1. The summed E-state index contributed by atoms with van der Waals surface area (Å²) in [6.07, 6.45) is 0. The molecule has 7 heteroatoms. The van der Waals surface area contributed by atoms with Crippen molar-refractivity contribution in [1.29, 1.82) is 0 Å². The summed E-state index contributed by atoms with van der Waals surface area (Å²) >= 11 is 0. The zero-order chi connectivity index (χ0) is 18.3. The van der Waals surface area contributed by atoms with Crippen LogP contribution in [0.3, 0.4) is 0 Å². The molecule has 0 bridgehead atoms. The predicted octanol–water partition coefficient (Wildman–Crippen LogP) is 1.62. The molecule has 0 saturated carbocycles. The number of urea groups is 1. The Morgan fingerprint density at radius 2 is 1.08 bits per heavy atom. The van der Waals surface area contributed by atoms with Crippen LogP contribution in [0.25, 0.3) is 0 Å². The van der Waals surface area contributed by atoms with Gasteiger partial charge >= 0.3 is 6.03 Å². The van der Waals surface area contributed by atoms with E-state index in [0.29, 0.717) is 0 Å². The van der Waals surface area contributed by atoms with Crippen molar-refractivity contribution in [3.05, 3.63) is 71.8 Å². The number of hydroxylamine groups is 2. The molecule has 2 heterocycles. The number of carbonyl (C=O) groups excluding carboxylic acids is 3. The molecule has 2 aliphatic rings. The van der Waals surface area contributed by atoms with Gasteiger partial charge in [0.2, 0.25) is 0 Å². The van der Waals surface area contributed by atoms with Gasteiger partial charge in [0.15, 0.2) is 0 Å². The number of hydrogen-bond acceptors (Lipinski definition) is 4. The van der Waals surface area contributed by atoms with Gasteiger partial charge in [0.1, 0.15) is 12.1 Å². The van der Waals surface area contributed by atoms with E-state index >= 15 is 0 Å². The summed E-state index contributed by atoms with van der Waals surface area (Å²) in [4.78, 5) is 40.4. The molecule has 26 heavy (non-hydrogen) atoms. The van der Waals surface area contributed by atoms with Crippen LogP contribution in [-0.4, -0.2) is 50.0 Å². The molecule has 2 aromatic carbocycles. The van der Waals surface area contributed by atoms with Crippen molar-refractivity contribution in [1.82, 2.24) is 14.9 Å². The fraction of sp³-hybridized carbons (Fsp3) is 0.211. The van der Waals surface area contributed by atoms with Crippen molar-refractivity contribution >= 4 is 17.8 Å². The second kappa shape index (κ2) is 6.27. The average Bonchev–Trinajstić information content (AvgIpc) is 3.05. The van der Waals surface area contributed by atoms with Gasteiger partial charge in [-0.15, -0.1) is 0 Å². The molecule has 2 saturated heterocycles. The summed E-state index contributed by atoms with van der Waals surface area (Å²) < 4.78 is 0. The van der Waals surface area contributed by atoms with Crippen molar-refractivity contribution in [2.24, 2.45) is 0 Å². The first kappa shape index (κ1) is 16.3. The van der Waals surface area contributed by atoms with Crippen LogP contribution >= 0.6 is 0 Å². The van der Waals surface area contributed by atoms with E-state index in [1.165, 1.54) is 9.80 Å². The third-order valence-electron chi connectivity index (χ3n) is 4.78. The van der Waals surface area contributed by atoms with Gasteiger partial charge in [-0.1, -0.05) is 60.7 Å². The third-order valence-corrected chi connectivity index (χ3v) is 4.78. The lowest BCUT2D eigenvalue weighted by molar-refractivity contribution is -0.173. The molecule has 0 spiro atoms. The fourth-order valence-electron chi connectivity index (χ4n) is 3.53. The van der Waals surface area contributed by atoms with Crippen LogP contribution in [0.2, 0.25) is 0 Å². The van der Waals surface area contributed by atoms with Crippen LogP contribution in [0.15, 0.2) is 60.7 Å². The normalized spacial score (nSPS) is 22.3. The zero-order valence-electron chi connectivity index (χ0n) is 13.9. The van der Waals surface area contributed by atoms with Gasteiger partial charge in [-0.25, -0.2) is 4.79 Å². The number of benzene rings is 2. The van der Waals surface area contributed by atoms with Crippen LogP contribution in [0.1, 0.15) is 11.1 Å². The SMILES string of the molecule is O=C1[C@@H]2[C@H](C(=O)N1O)N(Cc1ccccc1)C(=O)N2Cc1ccccc1. The molecule has 4 amide bonds. The Morgan fingerprint density at radius 3 is 1.46 bits per heavy atom. The standard InChI is InChI=1S/C19H17N3O4/c23-17-15-16(18(24)22(17)26)21(12-14-9-5-2-6-10-14)19(25)20(15)11-13-7-3-1-4-8-13/h1-10,15-16,26H,11-12H2/t15-,16+. The molecule has 0 aliphatic carbocycles. The van der Waals surface area contributed by atoms with Gasteiger partial charge in [-0.05, 0) is 11.1 Å². The number of carbonyl (C=O) groups is 3. The Bertz CT molecular complexity index is 786. The van der Waals surface area contributed by atoms with Crippen LogP contribution < -0.4 is 0 Å². The summed E-state index contributed by atoms with van der Waals surface area (Å²) in [6, 6.07) is 16.1. The minimum atomic E-state index is -1.01. The lowest BCUT2D eigenvalue weighted by Crippen LogP contribution is -2.42. The van der Waals surface area contributed by atoms with Gasteiger partial charge in [0, 0.05) is 13.1 Å². The summed E-state index contributed by atoms with van der Waals surface area (Å²) in [6.45, 7) is 0.387. The van der Waals surface area contributed by atoms with Gasteiger partial charge in [0.25, 0.3) is 11.8 Å². The topological polar surface area (TPSA) is 81.2 Å². The van der Waals surface area contributed by atoms with E-state index in [9.17, 15) is 19.6 Å². The van der Waals surface area contributed by atoms with Crippen molar-refractivity contribution in [3.63, 3.8) is 0 Å². The maximum absolute atomic E-state index is 13.0. The molecule has 2 aliphatic heterocycles. The van der Waals surface area contributed by atoms with Crippen molar-refractivity contribution in [2.75, 3.05) is 0 Å². The Morgan fingerprint density at radius 1 is 0.692 bits per heavy atom. The predicted molar refractivity (Wildman–Crippen MR) is 90.6 cm³/mol. The van der Waals surface area contributed by atoms with Crippen molar-refractivity contribution in [2.45, 2.75) is 25.2 Å². The lowest BCUT2D eigenvalue weighted by atomic mass is 10.1. The van der Waals surface area contributed by atoms with Crippen LogP contribution in [0.4, 0.5) is 4.79 Å². The van der Waals surface area contributed by atoms with E-state index in [0.717, 1.165) is 11.1 Å². The Kier molecular flexibility index (Phi) is 3.93. The first-order valence-electron chi connectivity index (χ1n) is 8.29. The van der Waals surface area contributed by atoms with E-state index < -0.39 is 23.9 Å². The van der Waals surface area contributed by atoms with Crippen molar-refractivity contribution < 1.29 is 19.6 Å². The molecular formula is C19H17N3O4. The molecule has 0 aromatic heterocycles. The zero-order valence-corrected chi connectivity index (χ0v) is 13.9. The number of hydrogen-bond donors (Lipinski definition) is 1. The molecule has 2 fully saturated rings. The van der Waals surface area contributed by atoms with E-state index in [1.54, 1.807) is 0 Å². The first-order chi connectivity index (χ1) is 12.6. The fourth-order valence-corrected chi connectivity index (χ4v) is 3.53. The highest BCUT2D eigenvalue weighted by Crippen LogP contribution is 2.33. The molecule has 0 radical (unpaired) electrons. The van der Waals surface area contributed by atoms with Gasteiger partial charge < -0.3 is 9.80 Å². The molecule has 1 N–H and O–H groups in total. The van der Waals surface area contributed by atoms with Crippen LogP contribution in [-0.2, 0) is 22.7 Å². The quantitative estimate of drug-likeness (QED) is 0.670. The van der Waals surface area contributed by atoms with Crippen LogP contribution in [0, 0.1) is 0 Å². The molecule has 2 aromatic rings. The second-order valence-electron chi connectivity index (χ2n) is 6.39. The molecule has 7 nitrogen and oxygen atoms in total. The van der Waals surface area contributed by atoms with E-state index in [2.05, 4.69) is 0 Å². The van der Waals surface area contributed by atoms with Gasteiger partial charge in [-0.2, -0.15) is 5.06 Å². The number of imide groups is 1. The lowest BCUT2D eigenvalue weighted by Gasteiger charge is -2.23. The largest absolute Gasteiger partial charge is 0.322 e. The maximum Gasteiger partial charge on any atom is 0.322 e. The van der Waals surface area contributed by atoms with Crippen LogP contribution in [0.5, 0.6) is 0 Å². The smallest absolute Gasteiger partial charge is 0.305 e. The average molecular weight is 351 g/mol. The van der Waals surface area contributed by atoms with Gasteiger partial charge in [-0.3, -0.25) is 14.8 Å². The highest BCUT2D eigenvalue weighted by molar-refractivity contribution is 6.12. The first-order valence-corrected chi connectivity index (χ1v) is 8.29. The Hall–Kier alpha value is -3.19. The van der Waals surface area contributed by atoms with E-state index in [1.807, 2.05) is 60.7 Å². The summed E-state index contributed by atoms with van der Waals surface area (Å²) in [7, 11) is 0. The molecule has 132 valence electrons. The summed E-state index contributed by atoms with van der Waals surface area (Å²) in [5.74, 6) is -1.53. The van der Waals surface area contributed by atoms with E-state index in [4.69, 9.17) is 0 Å². The number of amides is 4. The second-order valence-corrected chi connectivity index (χ2v) is 6.39. The molecular weight excluding hydrogens is 334 g/mol. The Labute approximate surface area is 150 Å².